The molecule has 0 radical (unpaired) electrons. The van der Waals surface area contributed by atoms with Gasteiger partial charge in [0.1, 0.15) is 0 Å². The summed E-state index contributed by atoms with van der Waals surface area (Å²) in [5.74, 6) is -0.365. The monoisotopic (exact) mass is 339 g/mol. The summed E-state index contributed by atoms with van der Waals surface area (Å²) in [5.41, 5.74) is 4.87. The number of hydrogen-bond donors (Lipinski definition) is 3. The van der Waals surface area contributed by atoms with E-state index in [1.54, 1.807) is 0 Å². The van der Waals surface area contributed by atoms with E-state index < -0.39 is 5.54 Å². The zero-order valence-corrected chi connectivity index (χ0v) is 14.4. The van der Waals surface area contributed by atoms with Crippen LogP contribution in [0.3, 0.4) is 0 Å². The lowest BCUT2D eigenvalue weighted by molar-refractivity contribution is -0.170. The molecule has 3 fully saturated rings. The molecule has 0 aromatic heterocycles. The third kappa shape index (κ3) is 3.24. The van der Waals surface area contributed by atoms with Crippen molar-refractivity contribution in [2.75, 3.05) is 19.8 Å². The van der Waals surface area contributed by atoms with E-state index in [9.17, 15) is 9.59 Å². The number of primary amides is 1. The van der Waals surface area contributed by atoms with Gasteiger partial charge in [0.25, 0.3) is 0 Å². The minimum absolute atomic E-state index is 0.0118. The molecule has 1 heterocycles. The third-order valence-electron chi connectivity index (χ3n) is 6.08. The lowest BCUT2D eigenvalue weighted by Gasteiger charge is -2.57. The SMILES string of the molecule is CCOC1CC(NC(=O)NC2(CC(N)=O)CCC2)C12CCOCC2. The van der Waals surface area contributed by atoms with Gasteiger partial charge in [-0.1, -0.05) is 0 Å². The Morgan fingerprint density at radius 1 is 1.25 bits per heavy atom. The van der Waals surface area contributed by atoms with Crippen LogP contribution in [0, 0.1) is 5.41 Å². The van der Waals surface area contributed by atoms with Crippen LogP contribution in [0.5, 0.6) is 0 Å². The Morgan fingerprint density at radius 3 is 2.50 bits per heavy atom. The smallest absolute Gasteiger partial charge is 0.315 e. The molecule has 3 aliphatic rings. The molecule has 2 unspecified atom stereocenters. The van der Waals surface area contributed by atoms with E-state index in [1.165, 1.54) is 0 Å². The van der Waals surface area contributed by atoms with Crippen LogP contribution in [0.1, 0.15) is 51.9 Å². The molecule has 4 N–H and O–H groups in total. The molecule has 24 heavy (non-hydrogen) atoms. The first-order valence-electron chi connectivity index (χ1n) is 9.06. The molecule has 2 atom stereocenters. The van der Waals surface area contributed by atoms with Crippen molar-refractivity contribution in [1.29, 1.82) is 0 Å². The van der Waals surface area contributed by atoms with Crippen LogP contribution in [0.25, 0.3) is 0 Å². The Labute approximate surface area is 143 Å². The van der Waals surface area contributed by atoms with Gasteiger partial charge in [0.15, 0.2) is 0 Å². The normalized spacial score (nSPS) is 30.0. The second-order valence-electron chi connectivity index (χ2n) is 7.45. The first-order chi connectivity index (χ1) is 11.5. The number of nitrogens with two attached hydrogens (primary N) is 1. The average Bonchev–Trinajstić information content (AvgIpc) is 2.52. The maximum atomic E-state index is 12.5. The van der Waals surface area contributed by atoms with Gasteiger partial charge in [0.2, 0.25) is 5.91 Å². The molecule has 3 rings (SSSR count). The van der Waals surface area contributed by atoms with Crippen LogP contribution in [-0.4, -0.2) is 49.4 Å². The summed E-state index contributed by atoms with van der Waals surface area (Å²) in [6.07, 6.45) is 5.72. The molecule has 0 aromatic rings. The lowest BCUT2D eigenvalue weighted by atomic mass is 9.57. The first-order valence-corrected chi connectivity index (χ1v) is 9.06. The molecule has 0 aromatic carbocycles. The lowest BCUT2D eigenvalue weighted by Crippen LogP contribution is -2.69. The van der Waals surface area contributed by atoms with Crippen LogP contribution in [0.4, 0.5) is 4.79 Å². The zero-order chi connectivity index (χ0) is 17.2. The van der Waals surface area contributed by atoms with Crippen molar-refractivity contribution < 1.29 is 19.1 Å². The fourth-order valence-electron chi connectivity index (χ4n) is 4.53. The molecule has 1 aliphatic heterocycles. The van der Waals surface area contributed by atoms with Gasteiger partial charge in [0.05, 0.1) is 11.6 Å². The number of nitrogens with one attached hydrogen (secondary N) is 2. The topological polar surface area (TPSA) is 103 Å². The standard InChI is InChI=1S/C17H29N3O4/c1-2-24-13-10-12(17(13)6-8-23-9-7-17)19-15(22)20-16(4-3-5-16)11-14(18)21/h12-13H,2-11H2,1H3,(H2,18,21)(H2,19,20,22). The van der Waals surface area contributed by atoms with Gasteiger partial charge < -0.3 is 25.8 Å². The number of ether oxygens (including phenoxy) is 2. The minimum Gasteiger partial charge on any atom is -0.381 e. The van der Waals surface area contributed by atoms with E-state index in [1.807, 2.05) is 6.92 Å². The largest absolute Gasteiger partial charge is 0.381 e. The summed E-state index contributed by atoms with van der Waals surface area (Å²) in [5, 5.41) is 6.13. The van der Waals surface area contributed by atoms with E-state index in [2.05, 4.69) is 10.6 Å². The highest BCUT2D eigenvalue weighted by atomic mass is 16.5. The van der Waals surface area contributed by atoms with Gasteiger partial charge in [-0.25, -0.2) is 4.79 Å². The van der Waals surface area contributed by atoms with Gasteiger partial charge in [-0.15, -0.1) is 0 Å². The van der Waals surface area contributed by atoms with E-state index in [-0.39, 0.29) is 35.9 Å². The van der Waals surface area contributed by atoms with E-state index in [0.717, 1.165) is 51.7 Å². The minimum atomic E-state index is -0.443. The highest BCUT2D eigenvalue weighted by molar-refractivity contribution is 5.79. The van der Waals surface area contributed by atoms with Gasteiger partial charge >= 0.3 is 6.03 Å². The summed E-state index contributed by atoms with van der Waals surface area (Å²) in [7, 11) is 0. The number of carbonyl (C=O) groups is 2. The predicted octanol–water partition coefficient (Wildman–Crippen LogP) is 1.06. The second-order valence-corrected chi connectivity index (χ2v) is 7.45. The van der Waals surface area contributed by atoms with E-state index in [4.69, 9.17) is 15.2 Å². The quantitative estimate of drug-likeness (QED) is 0.673. The van der Waals surface area contributed by atoms with Crippen molar-refractivity contribution >= 4 is 11.9 Å². The molecular weight excluding hydrogens is 310 g/mol. The van der Waals surface area contributed by atoms with Crippen LogP contribution >= 0.6 is 0 Å². The molecule has 0 bridgehead atoms. The Kier molecular flexibility index (Phi) is 5.01. The summed E-state index contributed by atoms with van der Waals surface area (Å²) >= 11 is 0. The molecule has 1 spiro atoms. The van der Waals surface area contributed by atoms with Crippen molar-refractivity contribution in [3.8, 4) is 0 Å². The van der Waals surface area contributed by atoms with Crippen molar-refractivity contribution in [1.82, 2.24) is 10.6 Å². The fraction of sp³-hybridized carbons (Fsp3) is 0.882. The van der Waals surface area contributed by atoms with Crippen LogP contribution in [0.15, 0.2) is 0 Å². The van der Waals surface area contributed by atoms with Crippen molar-refractivity contribution in [3.05, 3.63) is 0 Å². The van der Waals surface area contributed by atoms with E-state index in [0.29, 0.717) is 6.61 Å². The van der Waals surface area contributed by atoms with Gasteiger partial charge in [-0.3, -0.25) is 4.79 Å². The Balaban J connectivity index is 1.58. The zero-order valence-electron chi connectivity index (χ0n) is 14.4. The molecule has 136 valence electrons. The highest BCUT2D eigenvalue weighted by Crippen LogP contribution is 2.50. The molecular formula is C17H29N3O4. The van der Waals surface area contributed by atoms with Crippen molar-refractivity contribution in [3.63, 3.8) is 0 Å². The highest BCUT2D eigenvalue weighted by Gasteiger charge is 2.56. The summed E-state index contributed by atoms with van der Waals surface area (Å²) in [6, 6.07) is -0.0922. The number of amides is 3. The Hall–Kier alpha value is -1.34. The number of urea groups is 1. The van der Waals surface area contributed by atoms with Crippen molar-refractivity contribution in [2.24, 2.45) is 11.1 Å². The summed E-state index contributed by atoms with van der Waals surface area (Å²) in [4.78, 5) is 23.7. The molecule has 1 saturated heterocycles. The average molecular weight is 339 g/mol. The van der Waals surface area contributed by atoms with Gasteiger partial charge in [0, 0.05) is 37.7 Å². The number of hydrogen-bond acceptors (Lipinski definition) is 4. The van der Waals surface area contributed by atoms with E-state index >= 15 is 0 Å². The Morgan fingerprint density at radius 2 is 1.96 bits per heavy atom. The van der Waals surface area contributed by atoms with Crippen LogP contribution < -0.4 is 16.4 Å². The molecule has 3 amide bonds. The first kappa shape index (κ1) is 17.5. The summed E-state index contributed by atoms with van der Waals surface area (Å²) in [6.45, 7) is 4.13. The maximum Gasteiger partial charge on any atom is 0.315 e. The summed E-state index contributed by atoms with van der Waals surface area (Å²) < 4.78 is 11.4. The van der Waals surface area contributed by atoms with Gasteiger partial charge in [-0.2, -0.15) is 0 Å². The predicted molar refractivity (Wildman–Crippen MR) is 88.4 cm³/mol. The maximum absolute atomic E-state index is 12.5. The van der Waals surface area contributed by atoms with Crippen molar-refractivity contribution in [2.45, 2.75) is 69.6 Å². The van der Waals surface area contributed by atoms with Gasteiger partial charge in [-0.05, 0) is 45.4 Å². The third-order valence-corrected chi connectivity index (χ3v) is 6.08. The molecule has 2 aliphatic carbocycles. The fourth-order valence-corrected chi connectivity index (χ4v) is 4.53. The number of rotatable bonds is 6. The van der Waals surface area contributed by atoms with Crippen LogP contribution in [0.2, 0.25) is 0 Å². The molecule has 7 nitrogen and oxygen atoms in total. The number of carbonyl (C=O) groups excluding carboxylic acids is 2. The second kappa shape index (κ2) is 6.88. The molecule has 2 saturated carbocycles. The Bertz CT molecular complexity index is 486. The molecule has 7 heteroatoms. The van der Waals surface area contributed by atoms with Crippen LogP contribution in [-0.2, 0) is 14.3 Å².